The number of aromatic nitrogens is 2. The minimum atomic E-state index is -0.500. The third-order valence-electron chi connectivity index (χ3n) is 8.55. The predicted octanol–water partition coefficient (Wildman–Crippen LogP) is 5.28. The van der Waals surface area contributed by atoms with Crippen LogP contribution in [0.2, 0.25) is 5.02 Å². The van der Waals surface area contributed by atoms with E-state index in [1.54, 1.807) is 21.6 Å². The van der Waals surface area contributed by atoms with E-state index in [9.17, 15) is 18.4 Å². The number of rotatable bonds is 5. The molecule has 0 saturated heterocycles. The minimum Gasteiger partial charge on any atom is -0.363 e. The number of benzene rings is 1. The smallest absolute Gasteiger partial charge is 0.257 e. The zero-order chi connectivity index (χ0) is 26.1. The van der Waals surface area contributed by atoms with Crippen molar-refractivity contribution in [1.29, 1.82) is 0 Å². The van der Waals surface area contributed by atoms with Crippen LogP contribution in [-0.2, 0) is 0 Å². The quantitative estimate of drug-likeness (QED) is 0.491. The number of hydrogen-bond acceptors (Lipinski definition) is 4. The topological polar surface area (TPSA) is 67.2 Å². The van der Waals surface area contributed by atoms with E-state index in [0.717, 1.165) is 32.1 Å². The molecule has 1 aromatic carbocycles. The third-order valence-corrected chi connectivity index (χ3v) is 8.86. The number of hydrogen-bond donors (Lipinski definition) is 1. The second-order valence-corrected chi connectivity index (χ2v) is 12.0. The van der Waals surface area contributed by atoms with E-state index >= 15 is 0 Å². The van der Waals surface area contributed by atoms with E-state index in [2.05, 4.69) is 10.3 Å². The molecule has 6 nitrogen and oxygen atoms in total. The summed E-state index contributed by atoms with van der Waals surface area (Å²) < 4.78 is 29.6. The van der Waals surface area contributed by atoms with Gasteiger partial charge in [0.25, 0.3) is 5.91 Å². The molecule has 7 rings (SSSR count). The SMILES string of the molecule is CN(C)c1ccc2c(=O)c(C(=O)NC34CC5CC(CC(CF)(C5)C3)C4)cn(-c3ccc(F)cc3Cl)c2n1. The minimum absolute atomic E-state index is 0.0441. The maximum Gasteiger partial charge on any atom is 0.257 e. The highest BCUT2D eigenvalue weighted by atomic mass is 35.5. The second kappa shape index (κ2) is 8.51. The Morgan fingerprint density at radius 2 is 1.92 bits per heavy atom. The molecule has 2 unspecified atom stereocenters. The molecule has 9 heteroatoms. The normalized spacial score (nSPS) is 28.0. The Balaban J connectivity index is 1.46. The van der Waals surface area contributed by atoms with E-state index in [-0.39, 0.29) is 28.1 Å². The fourth-order valence-electron chi connectivity index (χ4n) is 7.53. The Kier molecular flexibility index (Phi) is 5.60. The van der Waals surface area contributed by atoms with Crippen LogP contribution in [0, 0.1) is 23.1 Å². The molecule has 0 spiro atoms. The zero-order valence-electron chi connectivity index (χ0n) is 20.9. The number of nitrogens with one attached hydrogen (secondary N) is 1. The highest BCUT2D eigenvalue weighted by Gasteiger charge is 2.58. The Morgan fingerprint density at radius 1 is 1.19 bits per heavy atom. The molecule has 4 fully saturated rings. The molecule has 4 saturated carbocycles. The van der Waals surface area contributed by atoms with Crippen LogP contribution in [0.5, 0.6) is 0 Å². The molecule has 4 bridgehead atoms. The summed E-state index contributed by atoms with van der Waals surface area (Å²) in [6, 6.07) is 7.31. The highest BCUT2D eigenvalue weighted by molar-refractivity contribution is 6.32. The first kappa shape index (κ1) is 24.3. The van der Waals surface area contributed by atoms with Gasteiger partial charge in [-0.25, -0.2) is 9.37 Å². The van der Waals surface area contributed by atoms with Crippen molar-refractivity contribution in [1.82, 2.24) is 14.9 Å². The summed E-state index contributed by atoms with van der Waals surface area (Å²) in [5.74, 6) is 0.435. The molecule has 4 aliphatic carbocycles. The monoisotopic (exact) mass is 526 g/mol. The molecule has 194 valence electrons. The van der Waals surface area contributed by atoms with Gasteiger partial charge in [-0.2, -0.15) is 0 Å². The summed E-state index contributed by atoms with van der Waals surface area (Å²) in [5.41, 5.74) is -0.638. The number of nitrogens with zero attached hydrogens (tertiary/aromatic N) is 3. The number of halogens is 3. The fraction of sp³-hybridized carbons (Fsp3) is 0.464. The van der Waals surface area contributed by atoms with Crippen molar-refractivity contribution in [2.24, 2.45) is 17.3 Å². The Labute approximate surface area is 218 Å². The first-order valence-electron chi connectivity index (χ1n) is 12.7. The van der Waals surface area contributed by atoms with Crippen LogP contribution in [0.3, 0.4) is 0 Å². The molecule has 0 aliphatic heterocycles. The molecule has 2 atom stereocenters. The predicted molar refractivity (Wildman–Crippen MR) is 140 cm³/mol. The van der Waals surface area contributed by atoms with Gasteiger partial charge in [0, 0.05) is 31.2 Å². The molecule has 1 amide bonds. The molecule has 37 heavy (non-hydrogen) atoms. The van der Waals surface area contributed by atoms with Crippen molar-refractivity contribution in [3.05, 3.63) is 63.2 Å². The first-order chi connectivity index (χ1) is 17.6. The van der Waals surface area contributed by atoms with Crippen molar-refractivity contribution >= 4 is 34.4 Å². The van der Waals surface area contributed by atoms with Gasteiger partial charge in [-0.3, -0.25) is 18.5 Å². The highest BCUT2D eigenvalue weighted by Crippen LogP contribution is 2.61. The van der Waals surface area contributed by atoms with Crippen molar-refractivity contribution < 1.29 is 13.6 Å². The van der Waals surface area contributed by atoms with Crippen LogP contribution < -0.4 is 15.6 Å². The van der Waals surface area contributed by atoms with Crippen LogP contribution in [0.1, 0.15) is 48.9 Å². The Hall–Kier alpha value is -3.00. The Morgan fingerprint density at radius 3 is 2.57 bits per heavy atom. The van der Waals surface area contributed by atoms with Crippen molar-refractivity contribution in [2.75, 3.05) is 25.7 Å². The van der Waals surface area contributed by atoms with E-state index in [1.165, 1.54) is 24.4 Å². The lowest BCUT2D eigenvalue weighted by Gasteiger charge is -2.61. The van der Waals surface area contributed by atoms with Gasteiger partial charge in [-0.1, -0.05) is 11.6 Å². The molecule has 1 N–H and O–H groups in total. The summed E-state index contributed by atoms with van der Waals surface area (Å²) in [7, 11) is 3.66. The molecular weight excluding hydrogens is 498 g/mol. The van der Waals surface area contributed by atoms with Gasteiger partial charge >= 0.3 is 0 Å². The van der Waals surface area contributed by atoms with E-state index < -0.39 is 22.7 Å². The first-order valence-corrected chi connectivity index (χ1v) is 13.1. The van der Waals surface area contributed by atoms with E-state index in [1.807, 2.05) is 14.1 Å². The van der Waals surface area contributed by atoms with E-state index in [4.69, 9.17) is 11.6 Å². The number of alkyl halides is 1. The third kappa shape index (κ3) is 4.00. The average Bonchev–Trinajstić information content (AvgIpc) is 2.83. The molecule has 2 aromatic heterocycles. The molecule has 3 aromatic rings. The van der Waals surface area contributed by atoms with Gasteiger partial charge in [-0.15, -0.1) is 0 Å². The number of fused-ring (bicyclic) bond motifs is 1. The van der Waals surface area contributed by atoms with Crippen molar-refractivity contribution in [3.63, 3.8) is 0 Å². The molecule has 0 radical (unpaired) electrons. The largest absolute Gasteiger partial charge is 0.363 e. The zero-order valence-corrected chi connectivity index (χ0v) is 21.6. The van der Waals surface area contributed by atoms with Gasteiger partial charge < -0.3 is 10.2 Å². The van der Waals surface area contributed by atoms with Crippen molar-refractivity contribution in [3.8, 4) is 5.69 Å². The van der Waals surface area contributed by atoms with Gasteiger partial charge in [0.05, 0.1) is 22.8 Å². The number of pyridine rings is 2. The van der Waals surface area contributed by atoms with Crippen LogP contribution in [0.4, 0.5) is 14.6 Å². The van der Waals surface area contributed by atoms with E-state index in [0.29, 0.717) is 35.4 Å². The van der Waals surface area contributed by atoms with Crippen LogP contribution in [-0.4, -0.2) is 41.8 Å². The lowest BCUT2D eigenvalue weighted by Crippen LogP contribution is -2.63. The summed E-state index contributed by atoms with van der Waals surface area (Å²) >= 11 is 6.40. The lowest BCUT2D eigenvalue weighted by atomic mass is 9.47. The van der Waals surface area contributed by atoms with Crippen molar-refractivity contribution in [2.45, 2.75) is 44.1 Å². The molecule has 2 heterocycles. The molecule has 4 aliphatic rings. The maximum atomic E-state index is 14.2. The van der Waals surface area contributed by atoms with Gasteiger partial charge in [0.2, 0.25) is 5.43 Å². The van der Waals surface area contributed by atoms with Crippen LogP contribution in [0.15, 0.2) is 41.3 Å². The second-order valence-electron chi connectivity index (χ2n) is 11.6. The summed E-state index contributed by atoms with van der Waals surface area (Å²) in [6.45, 7) is -0.372. The number of anilines is 1. The van der Waals surface area contributed by atoms with Gasteiger partial charge in [-0.05, 0) is 80.7 Å². The number of amides is 1. The summed E-state index contributed by atoms with van der Waals surface area (Å²) in [4.78, 5) is 33.8. The standard InChI is InChI=1S/C28H29ClF2N4O2/c1-34(2)23-6-4-19-24(36)20(13-35(25(19)32-23)22-5-3-18(31)8-21(22)29)26(37)33-28-11-16-7-17(12-28)10-27(9-16,14-28)15-30/h3-6,8,13,16-17H,7,9-12,14-15H2,1-2H3,(H,33,37). The fourth-order valence-corrected chi connectivity index (χ4v) is 7.79. The van der Waals surface area contributed by atoms with Crippen LogP contribution in [0.25, 0.3) is 16.7 Å². The van der Waals surface area contributed by atoms with Gasteiger partial charge in [0.15, 0.2) is 5.65 Å². The van der Waals surface area contributed by atoms with Gasteiger partial charge in [0.1, 0.15) is 17.2 Å². The summed E-state index contributed by atoms with van der Waals surface area (Å²) in [6.07, 6.45) is 6.52. The Bertz CT molecular complexity index is 1470. The lowest BCUT2D eigenvalue weighted by molar-refractivity contribution is -0.0875. The summed E-state index contributed by atoms with van der Waals surface area (Å²) in [5, 5.41) is 3.58. The number of carbonyl (C=O) groups excluding carboxylic acids is 1. The molecular formula is C28H29ClF2N4O2. The average molecular weight is 527 g/mol. The maximum absolute atomic E-state index is 14.2. The van der Waals surface area contributed by atoms with Crippen LogP contribution >= 0.6 is 11.6 Å². The number of carbonyl (C=O) groups is 1.